The Morgan fingerprint density at radius 3 is 2.56 bits per heavy atom. The molecule has 0 heterocycles. The lowest BCUT2D eigenvalue weighted by atomic mass is 9.91. The van der Waals surface area contributed by atoms with Gasteiger partial charge in [-0.25, -0.2) is 0 Å². The maximum absolute atomic E-state index is 6.17. The van der Waals surface area contributed by atoms with Crippen LogP contribution in [0.4, 0.5) is 0 Å². The molecule has 0 fully saturated rings. The Balaban J connectivity index is 2.94. The Morgan fingerprint density at radius 2 is 2.06 bits per heavy atom. The molecule has 16 heavy (non-hydrogen) atoms. The first-order chi connectivity index (χ1) is 7.60. The molecule has 3 N–H and O–H groups in total. The van der Waals surface area contributed by atoms with Crippen LogP contribution in [0.1, 0.15) is 38.3 Å². The van der Waals surface area contributed by atoms with Crippen LogP contribution in [0.25, 0.3) is 0 Å². The van der Waals surface area contributed by atoms with Crippen molar-refractivity contribution in [1.82, 2.24) is 5.43 Å². The zero-order chi connectivity index (χ0) is 12.1. The molecule has 4 heteroatoms. The van der Waals surface area contributed by atoms with E-state index in [2.05, 4.69) is 19.3 Å². The van der Waals surface area contributed by atoms with Crippen LogP contribution >= 0.6 is 23.2 Å². The molecular formula is C12H18Cl2N2. The van der Waals surface area contributed by atoms with Crippen LogP contribution in [0.15, 0.2) is 18.2 Å². The third kappa shape index (κ3) is 3.36. The summed E-state index contributed by atoms with van der Waals surface area (Å²) in [6.07, 6.45) is 2.23. The van der Waals surface area contributed by atoms with E-state index >= 15 is 0 Å². The summed E-state index contributed by atoms with van der Waals surface area (Å²) in [5.74, 6) is 6.04. The molecule has 0 aliphatic carbocycles. The summed E-state index contributed by atoms with van der Waals surface area (Å²) >= 11 is 12.0. The predicted molar refractivity (Wildman–Crippen MR) is 70.6 cm³/mol. The third-order valence-corrected chi connectivity index (χ3v) is 3.35. The predicted octanol–water partition coefficient (Wildman–Crippen LogP) is 3.93. The molecule has 0 aliphatic rings. The molecule has 1 aromatic rings. The van der Waals surface area contributed by atoms with Crippen LogP contribution in [0.2, 0.25) is 10.0 Å². The van der Waals surface area contributed by atoms with Crippen molar-refractivity contribution in [3.05, 3.63) is 33.8 Å². The first kappa shape index (κ1) is 13.8. The topological polar surface area (TPSA) is 38.0 Å². The highest BCUT2D eigenvalue weighted by atomic mass is 35.5. The van der Waals surface area contributed by atoms with Gasteiger partial charge in [0.15, 0.2) is 0 Å². The van der Waals surface area contributed by atoms with Gasteiger partial charge in [0.25, 0.3) is 0 Å². The van der Waals surface area contributed by atoms with Gasteiger partial charge in [-0.2, -0.15) is 0 Å². The fourth-order valence-electron chi connectivity index (χ4n) is 1.94. The van der Waals surface area contributed by atoms with Crippen molar-refractivity contribution in [3.63, 3.8) is 0 Å². The molecule has 0 spiro atoms. The first-order valence-corrected chi connectivity index (χ1v) is 6.26. The molecule has 0 radical (unpaired) electrons. The van der Waals surface area contributed by atoms with Gasteiger partial charge in [0.2, 0.25) is 0 Å². The number of rotatable bonds is 5. The van der Waals surface area contributed by atoms with Crippen LogP contribution in [0, 0.1) is 5.92 Å². The van der Waals surface area contributed by atoms with Gasteiger partial charge < -0.3 is 0 Å². The average molecular weight is 261 g/mol. The van der Waals surface area contributed by atoms with Crippen molar-refractivity contribution in [3.8, 4) is 0 Å². The van der Waals surface area contributed by atoms with Crippen LogP contribution in [-0.4, -0.2) is 0 Å². The number of hydrogen-bond acceptors (Lipinski definition) is 2. The van der Waals surface area contributed by atoms with E-state index in [0.29, 0.717) is 16.0 Å². The van der Waals surface area contributed by atoms with Gasteiger partial charge >= 0.3 is 0 Å². The van der Waals surface area contributed by atoms with Gasteiger partial charge in [0.1, 0.15) is 0 Å². The Labute approximate surface area is 107 Å². The number of nitrogens with two attached hydrogens (primary N) is 1. The number of nitrogens with one attached hydrogen (secondary N) is 1. The van der Waals surface area contributed by atoms with E-state index in [1.807, 2.05) is 12.1 Å². The van der Waals surface area contributed by atoms with Gasteiger partial charge in [-0.05, 0) is 30.0 Å². The molecule has 0 amide bonds. The Bertz CT molecular complexity index is 342. The van der Waals surface area contributed by atoms with Crippen molar-refractivity contribution in [2.24, 2.45) is 11.8 Å². The van der Waals surface area contributed by atoms with Crippen LogP contribution in [-0.2, 0) is 0 Å². The van der Waals surface area contributed by atoms with Gasteiger partial charge in [-0.1, -0.05) is 49.5 Å². The number of hydrogen-bond donors (Lipinski definition) is 2. The Hall–Kier alpha value is -0.280. The number of hydrazine groups is 1. The van der Waals surface area contributed by atoms with E-state index in [-0.39, 0.29) is 6.04 Å². The highest BCUT2D eigenvalue weighted by Gasteiger charge is 2.19. The Kier molecular flexibility index (Phi) is 5.56. The molecule has 2 nitrogen and oxygen atoms in total. The molecular weight excluding hydrogens is 243 g/mol. The van der Waals surface area contributed by atoms with E-state index in [1.54, 1.807) is 6.07 Å². The lowest BCUT2D eigenvalue weighted by molar-refractivity contribution is 0.368. The van der Waals surface area contributed by atoms with Crippen molar-refractivity contribution < 1.29 is 0 Å². The van der Waals surface area contributed by atoms with E-state index in [0.717, 1.165) is 18.4 Å². The highest BCUT2D eigenvalue weighted by Crippen LogP contribution is 2.31. The molecule has 2 atom stereocenters. The molecule has 1 rings (SSSR count). The minimum Gasteiger partial charge on any atom is -0.271 e. The maximum Gasteiger partial charge on any atom is 0.0500 e. The quantitative estimate of drug-likeness (QED) is 0.622. The highest BCUT2D eigenvalue weighted by molar-refractivity contribution is 6.35. The fraction of sp³-hybridized carbons (Fsp3) is 0.500. The summed E-state index contributed by atoms with van der Waals surface area (Å²) in [5, 5.41) is 1.31. The van der Waals surface area contributed by atoms with E-state index < -0.39 is 0 Å². The van der Waals surface area contributed by atoms with Gasteiger partial charge in [-0.15, -0.1) is 0 Å². The van der Waals surface area contributed by atoms with E-state index in [9.17, 15) is 0 Å². The molecule has 0 saturated heterocycles. The lowest BCUT2D eigenvalue weighted by Crippen LogP contribution is -2.32. The van der Waals surface area contributed by atoms with Crippen molar-refractivity contribution >= 4 is 23.2 Å². The molecule has 0 saturated carbocycles. The Morgan fingerprint density at radius 1 is 1.38 bits per heavy atom. The van der Waals surface area contributed by atoms with E-state index in [4.69, 9.17) is 29.0 Å². The third-order valence-electron chi connectivity index (χ3n) is 2.79. The summed E-state index contributed by atoms with van der Waals surface area (Å²) in [6, 6.07) is 5.60. The van der Waals surface area contributed by atoms with Gasteiger partial charge in [0.05, 0.1) is 0 Å². The largest absolute Gasteiger partial charge is 0.271 e. The summed E-state index contributed by atoms with van der Waals surface area (Å²) < 4.78 is 0. The van der Waals surface area contributed by atoms with Crippen LogP contribution < -0.4 is 11.3 Å². The minimum absolute atomic E-state index is 0.0738. The second-order valence-corrected chi connectivity index (χ2v) is 4.92. The van der Waals surface area contributed by atoms with Gasteiger partial charge in [0, 0.05) is 16.1 Å². The second kappa shape index (κ2) is 6.45. The fourth-order valence-corrected chi connectivity index (χ4v) is 2.46. The summed E-state index contributed by atoms with van der Waals surface area (Å²) in [5.41, 5.74) is 3.84. The monoisotopic (exact) mass is 260 g/mol. The SMILES string of the molecule is CCCC(C)C(NN)c1ccc(Cl)cc1Cl. The standard InChI is InChI=1S/C12H18Cl2N2/c1-3-4-8(2)12(16-15)10-6-5-9(13)7-11(10)14/h5-8,12,16H,3-4,15H2,1-2H3. The smallest absolute Gasteiger partial charge is 0.0500 e. The molecule has 1 aromatic carbocycles. The summed E-state index contributed by atoms with van der Waals surface area (Å²) in [6.45, 7) is 4.33. The normalized spacial score (nSPS) is 14.8. The summed E-state index contributed by atoms with van der Waals surface area (Å²) in [7, 11) is 0. The zero-order valence-corrected chi connectivity index (χ0v) is 11.1. The second-order valence-electron chi connectivity index (χ2n) is 4.08. The average Bonchev–Trinajstić information content (AvgIpc) is 2.22. The molecule has 2 unspecified atom stereocenters. The molecule has 0 aliphatic heterocycles. The minimum atomic E-state index is 0.0738. The van der Waals surface area contributed by atoms with Crippen molar-refractivity contribution in [1.29, 1.82) is 0 Å². The molecule has 90 valence electrons. The maximum atomic E-state index is 6.17. The van der Waals surface area contributed by atoms with Crippen LogP contribution in [0.5, 0.6) is 0 Å². The van der Waals surface area contributed by atoms with Crippen LogP contribution in [0.3, 0.4) is 0 Å². The van der Waals surface area contributed by atoms with Crippen molar-refractivity contribution in [2.45, 2.75) is 32.7 Å². The van der Waals surface area contributed by atoms with E-state index in [1.165, 1.54) is 0 Å². The van der Waals surface area contributed by atoms with Crippen molar-refractivity contribution in [2.75, 3.05) is 0 Å². The molecule has 0 aromatic heterocycles. The molecule has 0 bridgehead atoms. The first-order valence-electron chi connectivity index (χ1n) is 5.51. The number of halogens is 2. The summed E-state index contributed by atoms with van der Waals surface area (Å²) in [4.78, 5) is 0. The zero-order valence-electron chi connectivity index (χ0n) is 9.63. The lowest BCUT2D eigenvalue weighted by Gasteiger charge is -2.24. The van der Waals surface area contributed by atoms with Gasteiger partial charge in [-0.3, -0.25) is 11.3 Å². The number of benzene rings is 1.